The Kier molecular flexibility index (Phi) is 10.9. The molecule has 0 saturated carbocycles. The fourth-order valence-corrected chi connectivity index (χ4v) is 3.11. The highest BCUT2D eigenvalue weighted by molar-refractivity contribution is 5.93. The molecule has 0 aliphatic carbocycles. The predicted molar refractivity (Wildman–Crippen MR) is 129 cm³/mol. The van der Waals surface area contributed by atoms with Gasteiger partial charge in [0.15, 0.2) is 0 Å². The molecule has 4 amide bonds. The smallest absolute Gasteiger partial charge is 0.322 e. The topological polar surface area (TPSA) is 200 Å². The molecule has 0 aliphatic heterocycles. The van der Waals surface area contributed by atoms with Crippen molar-refractivity contribution in [2.24, 2.45) is 5.73 Å². The van der Waals surface area contributed by atoms with Crippen LogP contribution in [-0.2, 0) is 36.8 Å². The van der Waals surface area contributed by atoms with Crippen LogP contribution >= 0.6 is 0 Å². The van der Waals surface area contributed by atoms with Crippen molar-refractivity contribution in [1.29, 1.82) is 0 Å². The second kappa shape index (κ2) is 14.1. The average Bonchev–Trinajstić information content (AvgIpc) is 2.86. The van der Waals surface area contributed by atoms with Crippen LogP contribution in [0.15, 0.2) is 54.6 Å². The number of hydrogen-bond acceptors (Lipinski definition) is 7. The maximum atomic E-state index is 12.7. The minimum absolute atomic E-state index is 0.0865. The van der Waals surface area contributed by atoms with Crippen LogP contribution in [0.5, 0.6) is 5.75 Å². The van der Waals surface area contributed by atoms with Gasteiger partial charge in [0.1, 0.15) is 18.3 Å². The molecule has 0 aliphatic rings. The number of carboxylic acid groups (broad SMARTS) is 1. The molecule has 12 nitrogen and oxygen atoms in total. The third-order valence-electron chi connectivity index (χ3n) is 4.95. The number of aromatic hydroxyl groups is 1. The molecular weight excluding hydrogens is 470 g/mol. The maximum Gasteiger partial charge on any atom is 0.322 e. The third kappa shape index (κ3) is 10.2. The third-order valence-corrected chi connectivity index (χ3v) is 4.95. The molecule has 0 unspecified atom stereocenters. The van der Waals surface area contributed by atoms with E-state index in [1.807, 2.05) is 0 Å². The van der Waals surface area contributed by atoms with Gasteiger partial charge in [-0.05, 0) is 29.7 Å². The lowest BCUT2D eigenvalue weighted by Crippen LogP contribution is -2.53. The number of phenols is 1. The molecular formula is C24H29N5O7. The number of benzene rings is 2. The van der Waals surface area contributed by atoms with E-state index in [2.05, 4.69) is 21.3 Å². The van der Waals surface area contributed by atoms with E-state index in [1.54, 1.807) is 42.5 Å². The van der Waals surface area contributed by atoms with Crippen LogP contribution in [0.25, 0.3) is 0 Å². The second-order valence-corrected chi connectivity index (χ2v) is 7.89. The van der Waals surface area contributed by atoms with Gasteiger partial charge in [0.25, 0.3) is 0 Å². The number of carbonyl (C=O) groups is 5. The molecule has 0 spiro atoms. The first-order valence-corrected chi connectivity index (χ1v) is 11.0. The molecule has 0 saturated heterocycles. The number of hydrogen-bond donors (Lipinski definition) is 7. The van der Waals surface area contributed by atoms with Crippen molar-refractivity contribution in [2.75, 3.05) is 19.6 Å². The van der Waals surface area contributed by atoms with Crippen LogP contribution in [0.1, 0.15) is 11.1 Å². The maximum absolute atomic E-state index is 12.7. The molecule has 0 fully saturated rings. The molecule has 0 aromatic heterocycles. The Morgan fingerprint density at radius 2 is 1.31 bits per heavy atom. The highest BCUT2D eigenvalue weighted by atomic mass is 16.4. The van der Waals surface area contributed by atoms with Gasteiger partial charge < -0.3 is 37.2 Å². The van der Waals surface area contributed by atoms with Crippen LogP contribution < -0.4 is 27.0 Å². The van der Waals surface area contributed by atoms with E-state index in [1.165, 1.54) is 12.1 Å². The number of nitrogens with two attached hydrogens (primary N) is 1. The van der Waals surface area contributed by atoms with Crippen LogP contribution in [-0.4, -0.2) is 71.5 Å². The van der Waals surface area contributed by atoms with Crippen LogP contribution in [0.2, 0.25) is 0 Å². The first kappa shape index (κ1) is 27.8. The highest BCUT2D eigenvalue weighted by Crippen LogP contribution is 2.11. The largest absolute Gasteiger partial charge is 0.508 e. The molecule has 0 radical (unpaired) electrons. The fourth-order valence-electron chi connectivity index (χ4n) is 3.11. The van der Waals surface area contributed by atoms with Crippen LogP contribution in [0.3, 0.4) is 0 Å². The van der Waals surface area contributed by atoms with Gasteiger partial charge in [-0.15, -0.1) is 0 Å². The first-order valence-electron chi connectivity index (χ1n) is 11.0. The van der Waals surface area contributed by atoms with E-state index in [4.69, 9.17) is 10.8 Å². The molecule has 0 bridgehead atoms. The number of nitrogens with one attached hydrogen (secondary N) is 4. The second-order valence-electron chi connectivity index (χ2n) is 7.89. The number of rotatable bonds is 13. The quantitative estimate of drug-likeness (QED) is 0.171. The van der Waals surface area contributed by atoms with Crippen molar-refractivity contribution in [3.05, 3.63) is 65.7 Å². The SMILES string of the molecule is N[C@H](Cc1ccc(O)cc1)C(=O)NCC(=O)N[C@H](Cc1ccccc1)C(=O)NCC(=O)NCC(=O)O. The van der Waals surface area contributed by atoms with Crippen molar-refractivity contribution in [2.45, 2.75) is 24.9 Å². The summed E-state index contributed by atoms with van der Waals surface area (Å²) in [6, 6.07) is 13.1. The lowest BCUT2D eigenvalue weighted by Gasteiger charge is -2.19. The van der Waals surface area contributed by atoms with Gasteiger partial charge in [-0.25, -0.2) is 0 Å². The number of phenolic OH excluding ortho intramolecular Hbond substituents is 1. The van der Waals surface area contributed by atoms with E-state index < -0.39 is 61.3 Å². The lowest BCUT2D eigenvalue weighted by molar-refractivity contribution is -0.138. The Bertz CT molecular complexity index is 1060. The standard InChI is InChI=1S/C24H29N5O7/c25-18(10-16-6-8-17(30)9-7-16)23(35)27-13-21(32)29-19(11-15-4-2-1-3-5-15)24(36)28-12-20(31)26-14-22(33)34/h1-9,18-19,30H,10-14,25H2,(H,26,31)(H,27,35)(H,28,36)(H,29,32)(H,33,34)/t18-,19-/m1/s1. The van der Waals surface area contributed by atoms with E-state index in [9.17, 15) is 29.1 Å². The van der Waals surface area contributed by atoms with Crippen molar-refractivity contribution in [3.8, 4) is 5.75 Å². The van der Waals surface area contributed by atoms with E-state index >= 15 is 0 Å². The minimum Gasteiger partial charge on any atom is -0.508 e. The minimum atomic E-state index is -1.23. The first-order chi connectivity index (χ1) is 17.1. The van der Waals surface area contributed by atoms with Gasteiger partial charge in [-0.3, -0.25) is 24.0 Å². The molecule has 0 heterocycles. The van der Waals surface area contributed by atoms with Crippen LogP contribution in [0.4, 0.5) is 0 Å². The Balaban J connectivity index is 1.90. The molecule has 2 aromatic carbocycles. The van der Waals surface area contributed by atoms with Gasteiger partial charge in [0, 0.05) is 6.42 Å². The Morgan fingerprint density at radius 1 is 0.722 bits per heavy atom. The number of aliphatic carboxylic acids is 1. The van der Waals surface area contributed by atoms with Crippen LogP contribution in [0, 0.1) is 0 Å². The van der Waals surface area contributed by atoms with Crippen molar-refractivity contribution in [1.82, 2.24) is 21.3 Å². The highest BCUT2D eigenvalue weighted by Gasteiger charge is 2.23. The van der Waals surface area contributed by atoms with E-state index in [0.717, 1.165) is 11.1 Å². The van der Waals surface area contributed by atoms with Gasteiger partial charge >= 0.3 is 5.97 Å². The monoisotopic (exact) mass is 499 g/mol. The molecule has 36 heavy (non-hydrogen) atoms. The zero-order chi connectivity index (χ0) is 26.5. The van der Waals surface area contributed by atoms with E-state index in [0.29, 0.717) is 0 Å². The predicted octanol–water partition coefficient (Wildman–Crippen LogP) is -1.58. The summed E-state index contributed by atoms with van der Waals surface area (Å²) in [7, 11) is 0. The van der Waals surface area contributed by atoms with Crippen molar-refractivity contribution < 1.29 is 34.2 Å². The average molecular weight is 500 g/mol. The fraction of sp³-hybridized carbons (Fsp3) is 0.292. The molecule has 8 N–H and O–H groups in total. The Morgan fingerprint density at radius 3 is 1.94 bits per heavy atom. The summed E-state index contributed by atoms with van der Waals surface area (Å²) in [6.07, 6.45) is 0.306. The summed E-state index contributed by atoms with van der Waals surface area (Å²) in [4.78, 5) is 59.6. The van der Waals surface area contributed by atoms with Gasteiger partial charge in [-0.2, -0.15) is 0 Å². The molecule has 2 aromatic rings. The number of carbonyl (C=O) groups excluding carboxylic acids is 4. The summed E-state index contributed by atoms with van der Waals surface area (Å²) >= 11 is 0. The number of carboxylic acids is 1. The molecule has 12 heteroatoms. The molecule has 2 atom stereocenters. The van der Waals surface area contributed by atoms with Gasteiger partial charge in [-0.1, -0.05) is 42.5 Å². The molecule has 192 valence electrons. The zero-order valence-electron chi connectivity index (χ0n) is 19.4. The van der Waals surface area contributed by atoms with Crippen molar-refractivity contribution in [3.63, 3.8) is 0 Å². The summed E-state index contributed by atoms with van der Waals surface area (Å²) in [5.74, 6) is -3.72. The van der Waals surface area contributed by atoms with Gasteiger partial charge in [0.2, 0.25) is 23.6 Å². The molecule has 2 rings (SSSR count). The summed E-state index contributed by atoms with van der Waals surface area (Å²) in [5, 5.41) is 27.4. The number of amides is 4. The summed E-state index contributed by atoms with van der Waals surface area (Å²) < 4.78 is 0. The van der Waals surface area contributed by atoms with Gasteiger partial charge in [0.05, 0.1) is 19.1 Å². The summed E-state index contributed by atoms with van der Waals surface area (Å²) in [5.41, 5.74) is 7.36. The summed E-state index contributed by atoms with van der Waals surface area (Å²) in [6.45, 7) is -1.50. The van der Waals surface area contributed by atoms with Crippen molar-refractivity contribution >= 4 is 29.6 Å². The Hall–Kier alpha value is -4.45. The zero-order valence-corrected chi connectivity index (χ0v) is 19.4. The van der Waals surface area contributed by atoms with E-state index in [-0.39, 0.29) is 18.6 Å². The Labute approximate surface area is 207 Å². The lowest BCUT2D eigenvalue weighted by atomic mass is 10.0. The normalized spacial score (nSPS) is 12.0.